The van der Waals surface area contributed by atoms with Gasteiger partial charge >= 0.3 is 0 Å². The number of nitrogens with zero attached hydrogens (tertiary/aromatic N) is 2. The number of nitrogens with one attached hydrogen (secondary N) is 1. The van der Waals surface area contributed by atoms with Crippen molar-refractivity contribution in [1.82, 2.24) is 4.90 Å². The number of methoxy groups -OCH3 is 1. The summed E-state index contributed by atoms with van der Waals surface area (Å²) in [6, 6.07) is 5.29. The first-order valence-corrected chi connectivity index (χ1v) is 6.98. The monoisotopic (exact) mass is 277 g/mol. The summed E-state index contributed by atoms with van der Waals surface area (Å²) in [5.74, 6) is 1.14. The topological polar surface area (TPSA) is 67.6 Å². The molecule has 3 saturated heterocycles. The van der Waals surface area contributed by atoms with Gasteiger partial charge in [-0.1, -0.05) is 0 Å². The van der Waals surface area contributed by atoms with E-state index in [-0.39, 0.29) is 10.6 Å². The molecule has 0 aliphatic carbocycles. The van der Waals surface area contributed by atoms with Crippen molar-refractivity contribution in [2.24, 2.45) is 5.92 Å². The molecule has 1 unspecified atom stereocenters. The van der Waals surface area contributed by atoms with Crippen LogP contribution in [0.5, 0.6) is 5.75 Å². The summed E-state index contributed by atoms with van der Waals surface area (Å²) in [6.07, 6.45) is 2.36. The van der Waals surface area contributed by atoms with E-state index >= 15 is 0 Å². The van der Waals surface area contributed by atoms with Crippen molar-refractivity contribution in [3.05, 3.63) is 28.3 Å². The number of fused-ring (bicyclic) bond motifs is 3. The Labute approximate surface area is 117 Å². The van der Waals surface area contributed by atoms with Crippen molar-refractivity contribution >= 4 is 11.4 Å². The first-order valence-electron chi connectivity index (χ1n) is 6.98. The van der Waals surface area contributed by atoms with Gasteiger partial charge in [-0.15, -0.1) is 0 Å². The minimum atomic E-state index is -0.355. The van der Waals surface area contributed by atoms with E-state index < -0.39 is 0 Å². The third-order valence-corrected chi connectivity index (χ3v) is 4.40. The standard InChI is InChI=1S/C14H19N3O3/c1-20-11-2-3-12(14(8-11)17(18)19)15-13-9-16-6-4-10(13)5-7-16/h2-3,8,10,13,15H,4-7,9H2,1H3. The number of hydrogen-bond donors (Lipinski definition) is 1. The Kier molecular flexibility index (Phi) is 3.48. The van der Waals surface area contributed by atoms with E-state index in [1.165, 1.54) is 26.0 Å². The largest absolute Gasteiger partial charge is 0.496 e. The number of rotatable bonds is 4. The summed E-state index contributed by atoms with van der Waals surface area (Å²) in [6.45, 7) is 3.30. The predicted molar refractivity (Wildman–Crippen MR) is 76.2 cm³/mol. The zero-order valence-corrected chi connectivity index (χ0v) is 11.5. The number of benzene rings is 1. The molecule has 3 aliphatic heterocycles. The van der Waals surface area contributed by atoms with Gasteiger partial charge in [0, 0.05) is 12.6 Å². The van der Waals surface area contributed by atoms with E-state index in [9.17, 15) is 10.1 Å². The lowest BCUT2D eigenvalue weighted by Crippen LogP contribution is -2.53. The summed E-state index contributed by atoms with van der Waals surface area (Å²) in [4.78, 5) is 13.3. The maximum atomic E-state index is 11.2. The van der Waals surface area contributed by atoms with E-state index in [0.717, 1.165) is 19.6 Å². The van der Waals surface area contributed by atoms with Crippen LogP contribution in [0.25, 0.3) is 0 Å². The van der Waals surface area contributed by atoms with Gasteiger partial charge in [-0.25, -0.2) is 0 Å². The van der Waals surface area contributed by atoms with Gasteiger partial charge in [0.15, 0.2) is 0 Å². The van der Waals surface area contributed by atoms with E-state index in [4.69, 9.17) is 4.74 Å². The molecule has 1 aromatic rings. The Balaban J connectivity index is 1.81. The molecule has 0 aromatic heterocycles. The Morgan fingerprint density at radius 1 is 1.40 bits per heavy atom. The highest BCUT2D eigenvalue weighted by molar-refractivity contribution is 5.64. The van der Waals surface area contributed by atoms with E-state index in [1.807, 2.05) is 0 Å². The highest BCUT2D eigenvalue weighted by Gasteiger charge is 2.34. The SMILES string of the molecule is COc1ccc(NC2CN3CCC2CC3)c([N+](=O)[O-])c1. The molecule has 2 bridgehead atoms. The molecule has 4 rings (SSSR count). The predicted octanol–water partition coefficient (Wildman–Crippen LogP) is 2.11. The Morgan fingerprint density at radius 3 is 2.70 bits per heavy atom. The number of ether oxygens (including phenoxy) is 1. The van der Waals surface area contributed by atoms with Crippen molar-refractivity contribution in [3.63, 3.8) is 0 Å². The molecule has 3 aliphatic rings. The quantitative estimate of drug-likeness (QED) is 0.674. The summed E-state index contributed by atoms with van der Waals surface area (Å²) in [5.41, 5.74) is 0.676. The smallest absolute Gasteiger partial charge is 0.296 e. The lowest BCUT2D eigenvalue weighted by molar-refractivity contribution is -0.384. The van der Waals surface area contributed by atoms with Crippen LogP contribution in [0.2, 0.25) is 0 Å². The first kappa shape index (κ1) is 13.2. The van der Waals surface area contributed by atoms with E-state index in [1.54, 1.807) is 12.1 Å². The minimum Gasteiger partial charge on any atom is -0.496 e. The fourth-order valence-corrected chi connectivity index (χ4v) is 3.24. The molecule has 0 radical (unpaired) electrons. The molecular formula is C14H19N3O3. The number of hydrogen-bond acceptors (Lipinski definition) is 5. The van der Waals surface area contributed by atoms with Crippen molar-refractivity contribution < 1.29 is 9.66 Å². The molecular weight excluding hydrogens is 258 g/mol. The third-order valence-electron chi connectivity index (χ3n) is 4.40. The van der Waals surface area contributed by atoms with Crippen LogP contribution in [0.1, 0.15) is 12.8 Å². The van der Waals surface area contributed by atoms with Gasteiger partial charge in [0.2, 0.25) is 0 Å². The average Bonchev–Trinajstić information content (AvgIpc) is 2.48. The lowest BCUT2D eigenvalue weighted by Gasteiger charge is -2.45. The van der Waals surface area contributed by atoms with Crippen molar-refractivity contribution in [3.8, 4) is 5.75 Å². The van der Waals surface area contributed by atoms with Crippen LogP contribution in [-0.2, 0) is 0 Å². The Bertz CT molecular complexity index is 512. The van der Waals surface area contributed by atoms with E-state index in [0.29, 0.717) is 23.4 Å². The molecule has 1 aromatic carbocycles. The number of anilines is 1. The number of piperidine rings is 3. The van der Waals surface area contributed by atoms with Gasteiger partial charge in [0.25, 0.3) is 5.69 Å². The fraction of sp³-hybridized carbons (Fsp3) is 0.571. The number of nitro benzene ring substituents is 1. The van der Waals surface area contributed by atoms with Gasteiger partial charge < -0.3 is 15.0 Å². The van der Waals surface area contributed by atoms with Gasteiger partial charge in [-0.05, 0) is 44.0 Å². The molecule has 108 valence electrons. The summed E-state index contributed by atoms with van der Waals surface area (Å²) >= 11 is 0. The zero-order chi connectivity index (χ0) is 14.1. The van der Waals surface area contributed by atoms with Crippen LogP contribution in [0.3, 0.4) is 0 Å². The molecule has 0 saturated carbocycles. The molecule has 6 heteroatoms. The fourth-order valence-electron chi connectivity index (χ4n) is 3.24. The van der Waals surface area contributed by atoms with Crippen molar-refractivity contribution in [2.75, 3.05) is 32.1 Å². The molecule has 1 N–H and O–H groups in total. The van der Waals surface area contributed by atoms with Crippen LogP contribution in [-0.4, -0.2) is 42.6 Å². The molecule has 0 amide bonds. The van der Waals surface area contributed by atoms with Gasteiger partial charge in [0.05, 0.1) is 18.1 Å². The third kappa shape index (κ3) is 2.43. The molecule has 20 heavy (non-hydrogen) atoms. The highest BCUT2D eigenvalue weighted by atomic mass is 16.6. The molecule has 6 nitrogen and oxygen atoms in total. The zero-order valence-electron chi connectivity index (χ0n) is 11.5. The van der Waals surface area contributed by atoms with Crippen LogP contribution in [0.15, 0.2) is 18.2 Å². The second-order valence-electron chi connectivity index (χ2n) is 5.53. The summed E-state index contributed by atoms with van der Waals surface area (Å²) < 4.78 is 5.06. The van der Waals surface area contributed by atoms with Gasteiger partial charge in [-0.3, -0.25) is 10.1 Å². The van der Waals surface area contributed by atoms with Gasteiger partial charge in [-0.2, -0.15) is 0 Å². The van der Waals surface area contributed by atoms with Crippen LogP contribution >= 0.6 is 0 Å². The first-order chi connectivity index (χ1) is 9.67. The maximum absolute atomic E-state index is 11.2. The van der Waals surface area contributed by atoms with Crippen LogP contribution in [0.4, 0.5) is 11.4 Å². The highest BCUT2D eigenvalue weighted by Crippen LogP contribution is 2.34. The van der Waals surface area contributed by atoms with Gasteiger partial charge in [0.1, 0.15) is 11.4 Å². The second kappa shape index (κ2) is 5.28. The molecule has 3 heterocycles. The normalized spacial score (nSPS) is 28.1. The van der Waals surface area contributed by atoms with Crippen LogP contribution < -0.4 is 10.1 Å². The Hall–Kier alpha value is -1.82. The Morgan fingerprint density at radius 2 is 2.15 bits per heavy atom. The molecule has 1 atom stereocenters. The maximum Gasteiger partial charge on any atom is 0.296 e. The summed E-state index contributed by atoms with van der Waals surface area (Å²) in [5, 5.41) is 14.6. The van der Waals surface area contributed by atoms with Crippen molar-refractivity contribution in [2.45, 2.75) is 18.9 Å². The van der Waals surface area contributed by atoms with Crippen molar-refractivity contribution in [1.29, 1.82) is 0 Å². The van der Waals surface area contributed by atoms with E-state index in [2.05, 4.69) is 10.2 Å². The summed E-state index contributed by atoms with van der Waals surface area (Å²) in [7, 11) is 1.51. The minimum absolute atomic E-state index is 0.0841. The average molecular weight is 277 g/mol. The molecule has 3 fully saturated rings. The molecule has 0 spiro atoms. The number of nitro groups is 1. The van der Waals surface area contributed by atoms with Crippen LogP contribution in [0, 0.1) is 16.0 Å². The lowest BCUT2D eigenvalue weighted by atomic mass is 9.84. The second-order valence-corrected chi connectivity index (χ2v) is 5.53.